The maximum Gasteiger partial charge on any atom is 0.171 e. The Labute approximate surface area is 214 Å². The number of nitrogens with zero attached hydrogens (tertiary/aromatic N) is 2. The fraction of sp³-hybridized carbons (Fsp3) is 0.571. The number of hydrogen-bond acceptors (Lipinski definition) is 7. The zero-order chi connectivity index (χ0) is 24.5. The van der Waals surface area contributed by atoms with Crippen molar-refractivity contribution in [2.45, 2.75) is 49.3 Å². The van der Waals surface area contributed by atoms with Gasteiger partial charge in [0.15, 0.2) is 8.46 Å². The maximum atomic E-state index is 12.9. The van der Waals surface area contributed by atoms with Crippen molar-refractivity contribution in [3.63, 3.8) is 0 Å². The molecule has 4 saturated heterocycles. The van der Waals surface area contributed by atoms with Gasteiger partial charge in [0, 0.05) is 37.6 Å². The maximum absolute atomic E-state index is 12.9. The summed E-state index contributed by atoms with van der Waals surface area (Å²) in [4.78, 5) is 4.71. The van der Waals surface area contributed by atoms with Gasteiger partial charge in [-0.15, -0.1) is 0 Å². The molecular formula is C28H35N2O5P. The molecule has 4 atom stereocenters. The van der Waals surface area contributed by atoms with Gasteiger partial charge in [0.2, 0.25) is 0 Å². The summed E-state index contributed by atoms with van der Waals surface area (Å²) in [5, 5.41) is -0.570. The molecule has 0 amide bonds. The highest BCUT2D eigenvalue weighted by Crippen LogP contribution is 2.46. The Bertz CT molecular complexity index is 929. The minimum absolute atomic E-state index is 0.117. The molecule has 4 unspecified atom stereocenters. The first-order valence-corrected chi connectivity index (χ1v) is 14.0. The van der Waals surface area contributed by atoms with E-state index in [9.17, 15) is 4.57 Å². The van der Waals surface area contributed by atoms with Gasteiger partial charge >= 0.3 is 0 Å². The van der Waals surface area contributed by atoms with Crippen molar-refractivity contribution in [3.8, 4) is 0 Å². The second-order valence-electron chi connectivity index (χ2n) is 10.4. The zero-order valence-electron chi connectivity index (χ0n) is 20.9. The van der Waals surface area contributed by atoms with E-state index >= 15 is 0 Å². The van der Waals surface area contributed by atoms with Crippen LogP contribution < -0.4 is 9.80 Å². The Morgan fingerprint density at radius 1 is 0.694 bits per heavy atom. The van der Waals surface area contributed by atoms with Gasteiger partial charge in [-0.25, -0.2) is 0 Å². The van der Waals surface area contributed by atoms with Crippen molar-refractivity contribution in [3.05, 3.63) is 59.7 Å². The fourth-order valence-corrected chi connectivity index (χ4v) is 5.94. The topological polar surface area (TPSA) is 73.7 Å². The molecule has 0 bridgehead atoms. The molecular weight excluding hydrogens is 475 g/mol. The Morgan fingerprint density at radius 3 is 1.28 bits per heavy atom. The lowest BCUT2D eigenvalue weighted by molar-refractivity contribution is 0.388. The van der Waals surface area contributed by atoms with Crippen LogP contribution in [0, 0.1) is 0 Å². The lowest BCUT2D eigenvalue weighted by Crippen LogP contribution is -2.32. The molecule has 36 heavy (non-hydrogen) atoms. The summed E-state index contributed by atoms with van der Waals surface area (Å²) in [7, 11) is 0.117. The number of benzene rings is 2. The van der Waals surface area contributed by atoms with Crippen LogP contribution >= 0.6 is 8.46 Å². The third-order valence-electron chi connectivity index (χ3n) is 7.49. The summed E-state index contributed by atoms with van der Waals surface area (Å²) in [6.45, 7) is 9.04. The largest absolute Gasteiger partial charge is 0.371 e. The van der Waals surface area contributed by atoms with Crippen LogP contribution in [0.2, 0.25) is 0 Å². The van der Waals surface area contributed by atoms with Crippen LogP contribution in [0.15, 0.2) is 48.5 Å². The number of rotatable bonds is 15. The van der Waals surface area contributed by atoms with Gasteiger partial charge in [-0.2, -0.15) is 0 Å². The highest BCUT2D eigenvalue weighted by atomic mass is 31.1. The van der Waals surface area contributed by atoms with E-state index in [2.05, 4.69) is 65.3 Å². The Kier molecular flexibility index (Phi) is 7.02. The molecule has 6 rings (SSSR count). The predicted molar refractivity (Wildman–Crippen MR) is 140 cm³/mol. The van der Waals surface area contributed by atoms with Gasteiger partial charge in [-0.3, -0.25) is 4.57 Å². The Morgan fingerprint density at radius 2 is 1.03 bits per heavy atom. The SMILES string of the molecule is CCCC(P=O)(c1ccc(N(CC2CO2)CC2CO2)cc1)c1ccc(N(CC2CO2)CC2CO2)cc1. The third-order valence-corrected chi connectivity index (χ3v) is 8.54. The van der Waals surface area contributed by atoms with Crippen LogP contribution in [-0.4, -0.2) is 77.0 Å². The van der Waals surface area contributed by atoms with Crippen LogP contribution in [0.5, 0.6) is 0 Å². The predicted octanol–water partition coefficient (Wildman–Crippen LogP) is 4.23. The van der Waals surface area contributed by atoms with Crippen molar-refractivity contribution in [1.29, 1.82) is 0 Å². The van der Waals surface area contributed by atoms with Crippen LogP contribution in [0.3, 0.4) is 0 Å². The summed E-state index contributed by atoms with van der Waals surface area (Å²) < 4.78 is 34.8. The van der Waals surface area contributed by atoms with Crippen molar-refractivity contribution in [1.82, 2.24) is 0 Å². The highest BCUT2D eigenvalue weighted by Gasteiger charge is 2.36. The second-order valence-corrected chi connectivity index (χ2v) is 11.4. The molecule has 0 spiro atoms. The molecule has 0 saturated carbocycles. The average Bonchev–Trinajstić information content (AvgIpc) is 3.70. The highest BCUT2D eigenvalue weighted by molar-refractivity contribution is 7.26. The second kappa shape index (κ2) is 10.4. The third kappa shape index (κ3) is 5.76. The molecule has 7 nitrogen and oxygen atoms in total. The first-order chi connectivity index (χ1) is 17.7. The summed E-state index contributed by atoms with van der Waals surface area (Å²) in [5.74, 6) is 0. The van der Waals surface area contributed by atoms with E-state index < -0.39 is 5.16 Å². The molecule has 4 heterocycles. The van der Waals surface area contributed by atoms with E-state index in [4.69, 9.17) is 18.9 Å². The molecule has 4 aliphatic rings. The summed E-state index contributed by atoms with van der Waals surface area (Å²) in [6, 6.07) is 17.3. The normalized spacial score (nSPS) is 27.4. The van der Waals surface area contributed by atoms with Crippen molar-refractivity contribution in [2.75, 3.05) is 62.4 Å². The van der Waals surface area contributed by atoms with Gasteiger partial charge in [0.1, 0.15) is 5.16 Å². The van der Waals surface area contributed by atoms with E-state index in [-0.39, 0.29) is 8.46 Å². The lowest BCUT2D eigenvalue weighted by Gasteiger charge is -2.30. The van der Waals surface area contributed by atoms with Gasteiger partial charge in [-0.05, 0) is 41.8 Å². The summed E-state index contributed by atoms with van der Waals surface area (Å²) in [5.41, 5.74) is 4.48. The van der Waals surface area contributed by atoms with Crippen molar-refractivity contribution in [2.24, 2.45) is 0 Å². The van der Waals surface area contributed by atoms with E-state index in [1.165, 1.54) is 0 Å². The van der Waals surface area contributed by atoms with Crippen LogP contribution in [-0.2, 0) is 28.7 Å². The van der Waals surface area contributed by atoms with E-state index in [1.807, 2.05) is 0 Å². The first kappa shape index (κ1) is 24.3. The molecule has 4 fully saturated rings. The molecule has 8 heteroatoms. The van der Waals surface area contributed by atoms with Gasteiger partial charge in [0.25, 0.3) is 0 Å². The van der Waals surface area contributed by atoms with E-state index in [0.29, 0.717) is 24.4 Å². The fourth-order valence-electron chi connectivity index (χ4n) is 5.11. The molecule has 0 aliphatic carbocycles. The number of ether oxygens (including phenoxy) is 4. The van der Waals surface area contributed by atoms with Crippen molar-refractivity contribution < 1.29 is 23.5 Å². The van der Waals surface area contributed by atoms with Gasteiger partial charge < -0.3 is 28.7 Å². The molecule has 2 aromatic rings. The zero-order valence-corrected chi connectivity index (χ0v) is 21.8. The number of hydrogen-bond donors (Lipinski definition) is 0. The van der Waals surface area contributed by atoms with Crippen molar-refractivity contribution >= 4 is 19.8 Å². The standard InChI is InChI=1S/C28H35N2O5P/c1-2-11-28(36-31,20-3-7-22(8-4-20)29(12-24-16-32-24)13-25-17-33-25)21-5-9-23(10-6-21)30(14-26-18-34-26)15-27-19-35-27/h3-10,24-27H,2,11-19H2,1H3. The first-order valence-electron chi connectivity index (χ1n) is 13.2. The Hall–Kier alpha value is -2.02. The number of epoxide rings is 4. The minimum Gasteiger partial charge on any atom is -0.371 e. The molecule has 0 aromatic heterocycles. The van der Waals surface area contributed by atoms with Crippen LogP contribution in [0.4, 0.5) is 11.4 Å². The number of anilines is 2. The summed E-state index contributed by atoms with van der Waals surface area (Å²) >= 11 is 0. The van der Waals surface area contributed by atoms with Gasteiger partial charge in [0.05, 0.1) is 50.8 Å². The summed E-state index contributed by atoms with van der Waals surface area (Å²) in [6.07, 6.45) is 3.02. The smallest absolute Gasteiger partial charge is 0.171 e. The molecule has 0 radical (unpaired) electrons. The minimum atomic E-state index is -0.570. The molecule has 192 valence electrons. The van der Waals surface area contributed by atoms with Crippen LogP contribution in [0.25, 0.3) is 0 Å². The lowest BCUT2D eigenvalue weighted by atomic mass is 9.86. The molecule has 4 aliphatic heterocycles. The average molecular weight is 511 g/mol. The van der Waals surface area contributed by atoms with Gasteiger partial charge in [-0.1, -0.05) is 37.6 Å². The molecule has 0 N–H and O–H groups in total. The van der Waals surface area contributed by atoms with E-state index in [1.54, 1.807) is 0 Å². The molecule has 2 aromatic carbocycles. The van der Waals surface area contributed by atoms with E-state index in [0.717, 1.165) is 87.9 Å². The van der Waals surface area contributed by atoms with Crippen LogP contribution in [0.1, 0.15) is 30.9 Å². The quantitative estimate of drug-likeness (QED) is 0.262. The Balaban J connectivity index is 1.24. The monoisotopic (exact) mass is 510 g/mol.